The van der Waals surface area contributed by atoms with Gasteiger partial charge in [0.15, 0.2) is 11.5 Å². The molecule has 1 N–H and O–H groups in total. The van der Waals surface area contributed by atoms with E-state index >= 15 is 0 Å². The molecule has 0 aliphatic heterocycles. The molecule has 1 amide bonds. The molecule has 0 aliphatic rings. The fraction of sp³-hybridized carbons (Fsp3) is 0.154. The van der Waals surface area contributed by atoms with E-state index in [1.54, 1.807) is 30.3 Å². The summed E-state index contributed by atoms with van der Waals surface area (Å²) < 4.78 is 11.3. The Kier molecular flexibility index (Phi) is 7.91. The molecule has 5 nitrogen and oxygen atoms in total. The van der Waals surface area contributed by atoms with Crippen LogP contribution in [0.15, 0.2) is 72.3 Å². The van der Waals surface area contributed by atoms with Crippen molar-refractivity contribution in [3.8, 4) is 17.6 Å². The Hall–Kier alpha value is -3.75. The molecule has 0 saturated heterocycles. The number of amides is 1. The SMILES string of the molecule is CCc1ccc(NC(=O)/C(C#N)=C\c2ccc(OCc3ccc(Cl)cc3)c(OC)c2)cc1. The van der Waals surface area contributed by atoms with Gasteiger partial charge in [-0.2, -0.15) is 5.26 Å². The van der Waals surface area contributed by atoms with Gasteiger partial charge in [0.1, 0.15) is 18.2 Å². The van der Waals surface area contributed by atoms with E-state index in [1.807, 2.05) is 42.5 Å². The summed E-state index contributed by atoms with van der Waals surface area (Å²) in [7, 11) is 1.54. The van der Waals surface area contributed by atoms with Crippen LogP contribution in [0.4, 0.5) is 5.69 Å². The predicted molar refractivity (Wildman–Crippen MR) is 127 cm³/mol. The molecule has 0 unspecified atom stereocenters. The van der Waals surface area contributed by atoms with Gasteiger partial charge in [-0.25, -0.2) is 0 Å². The molecule has 0 aromatic heterocycles. The molecule has 3 aromatic rings. The summed E-state index contributed by atoms with van der Waals surface area (Å²) in [5.74, 6) is 0.581. The number of hydrogen-bond donors (Lipinski definition) is 1. The lowest BCUT2D eigenvalue weighted by Crippen LogP contribution is -2.13. The summed E-state index contributed by atoms with van der Waals surface area (Å²) in [6.07, 6.45) is 2.43. The minimum atomic E-state index is -0.473. The van der Waals surface area contributed by atoms with Crippen LogP contribution in [0.1, 0.15) is 23.6 Å². The van der Waals surface area contributed by atoms with Gasteiger partial charge in [0.05, 0.1) is 7.11 Å². The van der Waals surface area contributed by atoms with E-state index in [-0.39, 0.29) is 5.57 Å². The lowest BCUT2D eigenvalue weighted by Gasteiger charge is -2.12. The van der Waals surface area contributed by atoms with Gasteiger partial charge in [-0.1, -0.05) is 48.9 Å². The van der Waals surface area contributed by atoms with Crippen molar-refractivity contribution < 1.29 is 14.3 Å². The minimum Gasteiger partial charge on any atom is -0.493 e. The Labute approximate surface area is 192 Å². The first kappa shape index (κ1) is 22.9. The van der Waals surface area contributed by atoms with Crippen molar-refractivity contribution in [2.24, 2.45) is 0 Å². The number of nitrogens with zero attached hydrogens (tertiary/aromatic N) is 1. The van der Waals surface area contributed by atoms with Crippen molar-refractivity contribution in [1.82, 2.24) is 0 Å². The van der Waals surface area contributed by atoms with Gasteiger partial charge < -0.3 is 14.8 Å². The standard InChI is InChI=1S/C26H23ClN2O3/c1-3-18-6-11-23(12-7-18)29-26(30)21(16-28)14-20-8-13-24(25(15-20)31-2)32-17-19-4-9-22(27)10-5-19/h4-15H,3,17H2,1-2H3,(H,29,30)/b21-14-. The number of carbonyl (C=O) groups is 1. The molecule has 6 heteroatoms. The van der Waals surface area contributed by atoms with Crippen molar-refractivity contribution in [3.63, 3.8) is 0 Å². The Morgan fingerprint density at radius 1 is 1.03 bits per heavy atom. The van der Waals surface area contributed by atoms with Crippen molar-refractivity contribution in [3.05, 3.63) is 94.0 Å². The zero-order chi connectivity index (χ0) is 22.9. The third-order valence-electron chi connectivity index (χ3n) is 4.79. The van der Waals surface area contributed by atoms with Crippen molar-refractivity contribution in [1.29, 1.82) is 5.26 Å². The summed E-state index contributed by atoms with van der Waals surface area (Å²) in [5, 5.41) is 12.9. The van der Waals surface area contributed by atoms with Gasteiger partial charge in [-0.3, -0.25) is 4.79 Å². The highest BCUT2D eigenvalue weighted by Gasteiger charge is 2.11. The van der Waals surface area contributed by atoms with Crippen LogP contribution in [0.2, 0.25) is 5.02 Å². The highest BCUT2D eigenvalue weighted by molar-refractivity contribution is 6.30. The number of rotatable bonds is 8. The molecule has 0 bridgehead atoms. The Balaban J connectivity index is 1.72. The largest absolute Gasteiger partial charge is 0.493 e. The van der Waals surface area contributed by atoms with E-state index in [9.17, 15) is 10.1 Å². The van der Waals surface area contributed by atoms with Crippen molar-refractivity contribution >= 4 is 29.3 Å². The number of ether oxygens (including phenoxy) is 2. The Morgan fingerprint density at radius 2 is 1.72 bits per heavy atom. The maximum Gasteiger partial charge on any atom is 0.266 e. The third kappa shape index (κ3) is 6.13. The Morgan fingerprint density at radius 3 is 2.34 bits per heavy atom. The predicted octanol–water partition coefficient (Wildman–Crippen LogP) is 6.04. The van der Waals surface area contributed by atoms with E-state index in [0.29, 0.717) is 34.4 Å². The fourth-order valence-corrected chi connectivity index (χ4v) is 3.10. The first-order valence-corrected chi connectivity index (χ1v) is 10.5. The molecule has 0 atom stereocenters. The number of methoxy groups -OCH3 is 1. The van der Waals surface area contributed by atoms with Crippen LogP contribution >= 0.6 is 11.6 Å². The summed E-state index contributed by atoms with van der Waals surface area (Å²) in [6, 6.07) is 22.1. The van der Waals surface area contributed by atoms with E-state index in [1.165, 1.54) is 18.7 Å². The number of anilines is 1. The van der Waals surface area contributed by atoms with Crippen LogP contribution < -0.4 is 14.8 Å². The summed E-state index contributed by atoms with van der Waals surface area (Å²) in [4.78, 5) is 12.5. The fourth-order valence-electron chi connectivity index (χ4n) is 2.97. The van der Waals surface area contributed by atoms with Gasteiger partial charge in [-0.15, -0.1) is 0 Å². The number of benzene rings is 3. The maximum absolute atomic E-state index is 12.5. The number of nitriles is 1. The van der Waals surface area contributed by atoms with Crippen molar-refractivity contribution in [2.45, 2.75) is 20.0 Å². The van der Waals surface area contributed by atoms with Crippen molar-refractivity contribution in [2.75, 3.05) is 12.4 Å². The monoisotopic (exact) mass is 446 g/mol. The number of carbonyl (C=O) groups excluding carboxylic acids is 1. The zero-order valence-corrected chi connectivity index (χ0v) is 18.6. The van der Waals surface area contributed by atoms with Crippen LogP contribution in [0.3, 0.4) is 0 Å². The first-order valence-electron chi connectivity index (χ1n) is 10.1. The lowest BCUT2D eigenvalue weighted by molar-refractivity contribution is -0.112. The van der Waals surface area contributed by atoms with Crippen LogP contribution in [0.25, 0.3) is 6.08 Å². The Bertz CT molecular complexity index is 1150. The van der Waals surface area contributed by atoms with Crippen LogP contribution in [-0.4, -0.2) is 13.0 Å². The quantitative estimate of drug-likeness (QED) is 0.338. The van der Waals surface area contributed by atoms with Gasteiger partial charge in [0.2, 0.25) is 0 Å². The molecule has 3 aromatic carbocycles. The second kappa shape index (κ2) is 11.0. The maximum atomic E-state index is 12.5. The number of aryl methyl sites for hydroxylation is 1. The van der Waals surface area contributed by atoms with E-state index < -0.39 is 5.91 Å². The minimum absolute atomic E-state index is 0.0125. The topological polar surface area (TPSA) is 71.4 Å². The third-order valence-corrected chi connectivity index (χ3v) is 5.04. The normalized spacial score (nSPS) is 10.9. The lowest BCUT2D eigenvalue weighted by atomic mass is 10.1. The first-order chi connectivity index (χ1) is 15.5. The van der Waals surface area contributed by atoms with Gasteiger partial charge in [0, 0.05) is 10.7 Å². The average molecular weight is 447 g/mol. The number of halogens is 1. The highest BCUT2D eigenvalue weighted by atomic mass is 35.5. The van der Waals surface area contributed by atoms with E-state index in [2.05, 4.69) is 12.2 Å². The number of hydrogen-bond acceptors (Lipinski definition) is 4. The molecule has 3 rings (SSSR count). The molecule has 0 aliphatic carbocycles. The van der Waals surface area contributed by atoms with Crippen LogP contribution in [-0.2, 0) is 17.8 Å². The van der Waals surface area contributed by atoms with Gasteiger partial charge in [-0.05, 0) is 65.6 Å². The summed E-state index contributed by atoms with van der Waals surface area (Å²) in [6.45, 7) is 2.41. The molecule has 162 valence electrons. The van der Waals surface area contributed by atoms with Gasteiger partial charge in [0.25, 0.3) is 5.91 Å². The average Bonchev–Trinajstić information content (AvgIpc) is 2.82. The zero-order valence-electron chi connectivity index (χ0n) is 17.9. The summed E-state index contributed by atoms with van der Waals surface area (Å²) in [5.41, 5.74) is 3.41. The molecular formula is C26H23ClN2O3. The molecule has 0 spiro atoms. The molecule has 0 saturated carbocycles. The van der Waals surface area contributed by atoms with Gasteiger partial charge >= 0.3 is 0 Å². The molecule has 0 fully saturated rings. The summed E-state index contributed by atoms with van der Waals surface area (Å²) >= 11 is 5.91. The molecule has 0 radical (unpaired) electrons. The molecule has 32 heavy (non-hydrogen) atoms. The molecular weight excluding hydrogens is 424 g/mol. The second-order valence-electron chi connectivity index (χ2n) is 7.00. The van der Waals surface area contributed by atoms with Crippen LogP contribution in [0.5, 0.6) is 11.5 Å². The second-order valence-corrected chi connectivity index (χ2v) is 7.44. The number of nitrogens with one attached hydrogen (secondary N) is 1. The molecule has 0 heterocycles. The van der Waals surface area contributed by atoms with E-state index in [4.69, 9.17) is 21.1 Å². The van der Waals surface area contributed by atoms with E-state index in [0.717, 1.165) is 12.0 Å². The van der Waals surface area contributed by atoms with Crippen LogP contribution in [0, 0.1) is 11.3 Å². The highest BCUT2D eigenvalue weighted by Crippen LogP contribution is 2.30. The smallest absolute Gasteiger partial charge is 0.266 e.